The topological polar surface area (TPSA) is 21.3 Å². The minimum absolute atomic E-state index is 0.254. The molecule has 2 saturated heterocycles. The highest BCUT2D eigenvalue weighted by Gasteiger charge is 2.40. The molecular formula is C16H31NOS. The molecule has 2 nitrogen and oxygen atoms in total. The van der Waals surface area contributed by atoms with E-state index in [-0.39, 0.29) is 5.60 Å². The van der Waals surface area contributed by atoms with Crippen LogP contribution in [0.5, 0.6) is 0 Å². The average Bonchev–Trinajstić information content (AvgIpc) is 2.76. The van der Waals surface area contributed by atoms with Crippen LogP contribution in [-0.4, -0.2) is 36.8 Å². The lowest BCUT2D eigenvalue weighted by molar-refractivity contribution is -0.0813. The Hall–Kier alpha value is 0.270. The molecule has 0 aromatic heterocycles. The van der Waals surface area contributed by atoms with Crippen LogP contribution in [0.3, 0.4) is 0 Å². The maximum Gasteiger partial charge on any atom is 0.0783 e. The monoisotopic (exact) mass is 285 g/mol. The van der Waals surface area contributed by atoms with Crippen molar-refractivity contribution in [3.05, 3.63) is 0 Å². The Bertz CT molecular complexity index is 281. The molecule has 2 heterocycles. The second-order valence-electron chi connectivity index (χ2n) is 7.48. The largest absolute Gasteiger partial charge is 0.374 e. The fourth-order valence-corrected chi connectivity index (χ4v) is 5.03. The van der Waals surface area contributed by atoms with Gasteiger partial charge in [-0.3, -0.25) is 0 Å². The molecule has 1 spiro atoms. The average molecular weight is 285 g/mol. The first-order valence-corrected chi connectivity index (χ1v) is 9.00. The normalized spacial score (nSPS) is 33.8. The molecule has 112 valence electrons. The van der Waals surface area contributed by atoms with Crippen molar-refractivity contribution in [3.8, 4) is 0 Å². The van der Waals surface area contributed by atoms with Crippen molar-refractivity contribution >= 4 is 11.8 Å². The lowest BCUT2D eigenvalue weighted by Crippen LogP contribution is -2.41. The molecule has 0 aromatic rings. The summed E-state index contributed by atoms with van der Waals surface area (Å²) in [5.74, 6) is 3.41. The van der Waals surface area contributed by atoms with Gasteiger partial charge in [-0.25, -0.2) is 0 Å². The Kier molecular flexibility index (Phi) is 5.24. The van der Waals surface area contributed by atoms with Gasteiger partial charge >= 0.3 is 0 Å². The van der Waals surface area contributed by atoms with E-state index in [0.717, 1.165) is 12.5 Å². The van der Waals surface area contributed by atoms with Crippen molar-refractivity contribution in [2.45, 2.75) is 64.5 Å². The quantitative estimate of drug-likeness (QED) is 0.851. The number of nitrogens with one attached hydrogen (secondary N) is 1. The Morgan fingerprint density at radius 2 is 2.21 bits per heavy atom. The van der Waals surface area contributed by atoms with Crippen LogP contribution in [0.25, 0.3) is 0 Å². The zero-order valence-corrected chi connectivity index (χ0v) is 13.9. The van der Waals surface area contributed by atoms with Gasteiger partial charge in [0.05, 0.1) is 5.60 Å². The lowest BCUT2D eigenvalue weighted by Gasteiger charge is -2.39. The smallest absolute Gasteiger partial charge is 0.0783 e. The van der Waals surface area contributed by atoms with Gasteiger partial charge in [-0.1, -0.05) is 20.8 Å². The molecule has 3 atom stereocenters. The van der Waals surface area contributed by atoms with Gasteiger partial charge in [0.1, 0.15) is 0 Å². The SMILES string of the molecule is CNC(CCC1CCOC2(CCSC2)C1)C(C)(C)C. The highest BCUT2D eigenvalue weighted by molar-refractivity contribution is 7.99. The maximum atomic E-state index is 6.12. The molecule has 2 fully saturated rings. The van der Waals surface area contributed by atoms with E-state index in [2.05, 4.69) is 44.9 Å². The van der Waals surface area contributed by atoms with Crippen molar-refractivity contribution in [2.75, 3.05) is 25.2 Å². The third-order valence-electron chi connectivity index (χ3n) is 4.92. The summed E-state index contributed by atoms with van der Waals surface area (Å²) in [6, 6.07) is 0.629. The summed E-state index contributed by atoms with van der Waals surface area (Å²) in [6.45, 7) is 8.01. The van der Waals surface area contributed by atoms with Crippen LogP contribution in [0.4, 0.5) is 0 Å². The van der Waals surface area contributed by atoms with Crippen molar-refractivity contribution in [3.63, 3.8) is 0 Å². The number of thioether (sulfide) groups is 1. The van der Waals surface area contributed by atoms with Crippen molar-refractivity contribution in [1.82, 2.24) is 5.32 Å². The van der Waals surface area contributed by atoms with Crippen LogP contribution in [0, 0.1) is 11.3 Å². The Balaban J connectivity index is 1.82. The van der Waals surface area contributed by atoms with E-state index in [1.54, 1.807) is 0 Å². The minimum Gasteiger partial charge on any atom is -0.374 e. The molecule has 2 rings (SSSR count). The summed E-state index contributed by atoms with van der Waals surface area (Å²) in [4.78, 5) is 0. The number of hydrogen-bond donors (Lipinski definition) is 1. The summed E-state index contributed by atoms with van der Waals surface area (Å²) < 4.78 is 6.12. The van der Waals surface area contributed by atoms with E-state index in [1.165, 1.54) is 43.6 Å². The predicted octanol–water partition coefficient (Wildman–Crippen LogP) is 3.70. The summed E-state index contributed by atoms with van der Waals surface area (Å²) in [5, 5.41) is 3.51. The van der Waals surface area contributed by atoms with Crippen molar-refractivity contribution < 1.29 is 4.74 Å². The number of rotatable bonds is 4. The van der Waals surface area contributed by atoms with Gasteiger partial charge in [-0.05, 0) is 56.2 Å². The van der Waals surface area contributed by atoms with Crippen LogP contribution >= 0.6 is 11.8 Å². The molecule has 2 aliphatic rings. The molecule has 19 heavy (non-hydrogen) atoms. The summed E-state index contributed by atoms with van der Waals surface area (Å²) >= 11 is 2.08. The molecule has 0 amide bonds. The molecule has 0 radical (unpaired) electrons. The van der Waals surface area contributed by atoms with Crippen LogP contribution in [-0.2, 0) is 4.74 Å². The molecule has 0 bridgehead atoms. The van der Waals surface area contributed by atoms with Gasteiger partial charge in [0.2, 0.25) is 0 Å². The predicted molar refractivity (Wildman–Crippen MR) is 84.9 cm³/mol. The van der Waals surface area contributed by atoms with Crippen LogP contribution in [0.2, 0.25) is 0 Å². The van der Waals surface area contributed by atoms with Gasteiger partial charge in [-0.2, -0.15) is 11.8 Å². The first kappa shape index (κ1) is 15.7. The third-order valence-corrected chi connectivity index (χ3v) is 6.14. The Morgan fingerprint density at radius 1 is 1.42 bits per heavy atom. The molecule has 3 unspecified atom stereocenters. The van der Waals surface area contributed by atoms with Gasteiger partial charge < -0.3 is 10.1 Å². The van der Waals surface area contributed by atoms with Gasteiger partial charge in [0.15, 0.2) is 0 Å². The second-order valence-corrected chi connectivity index (χ2v) is 8.58. The van der Waals surface area contributed by atoms with Crippen LogP contribution in [0.1, 0.15) is 52.9 Å². The van der Waals surface area contributed by atoms with E-state index in [9.17, 15) is 0 Å². The van der Waals surface area contributed by atoms with Gasteiger partial charge in [-0.15, -0.1) is 0 Å². The van der Waals surface area contributed by atoms with E-state index in [4.69, 9.17) is 4.74 Å². The van der Waals surface area contributed by atoms with Crippen LogP contribution < -0.4 is 5.32 Å². The lowest BCUT2D eigenvalue weighted by atomic mass is 9.78. The molecule has 0 aliphatic carbocycles. The summed E-state index contributed by atoms with van der Waals surface area (Å²) in [7, 11) is 2.11. The highest BCUT2D eigenvalue weighted by atomic mass is 32.2. The third kappa shape index (κ3) is 4.12. The molecule has 0 saturated carbocycles. The molecule has 1 N–H and O–H groups in total. The summed E-state index contributed by atoms with van der Waals surface area (Å²) in [6.07, 6.45) is 6.52. The number of ether oxygens (including phenoxy) is 1. The van der Waals surface area contributed by atoms with Gasteiger partial charge in [0.25, 0.3) is 0 Å². The number of hydrogen-bond acceptors (Lipinski definition) is 3. The molecule has 0 aromatic carbocycles. The fourth-order valence-electron chi connectivity index (χ4n) is 3.65. The highest BCUT2D eigenvalue weighted by Crippen LogP contribution is 2.42. The Labute approximate surface area is 123 Å². The molecule has 3 heteroatoms. The summed E-state index contributed by atoms with van der Waals surface area (Å²) in [5.41, 5.74) is 0.616. The van der Waals surface area contributed by atoms with E-state index in [1.807, 2.05) is 0 Å². The van der Waals surface area contributed by atoms with Crippen LogP contribution in [0.15, 0.2) is 0 Å². The van der Waals surface area contributed by atoms with E-state index >= 15 is 0 Å². The minimum atomic E-state index is 0.254. The first-order chi connectivity index (χ1) is 8.95. The van der Waals surface area contributed by atoms with Crippen molar-refractivity contribution in [1.29, 1.82) is 0 Å². The maximum absolute atomic E-state index is 6.12. The molecular weight excluding hydrogens is 254 g/mol. The first-order valence-electron chi connectivity index (χ1n) is 7.84. The standard InChI is InChI=1S/C16H31NOS/c1-15(2,3)14(17-4)6-5-13-7-9-18-16(11-13)8-10-19-12-16/h13-14,17H,5-12H2,1-4H3. The zero-order valence-electron chi connectivity index (χ0n) is 13.1. The molecule has 2 aliphatic heterocycles. The van der Waals surface area contributed by atoms with Gasteiger partial charge in [0, 0.05) is 18.4 Å². The van der Waals surface area contributed by atoms with E-state index in [0.29, 0.717) is 11.5 Å². The second kappa shape index (κ2) is 6.36. The zero-order chi connectivity index (χ0) is 13.9. The van der Waals surface area contributed by atoms with Crippen molar-refractivity contribution in [2.24, 2.45) is 11.3 Å². The van der Waals surface area contributed by atoms with E-state index < -0.39 is 0 Å². The fraction of sp³-hybridized carbons (Fsp3) is 1.00. The Morgan fingerprint density at radius 3 is 2.79 bits per heavy atom.